The van der Waals surface area contributed by atoms with E-state index in [2.05, 4.69) is 51.3 Å². The number of fused-ring (bicyclic) bond motifs is 1. The Morgan fingerprint density at radius 2 is 1.94 bits per heavy atom. The fourth-order valence-corrected chi connectivity index (χ4v) is 2.52. The van der Waals surface area contributed by atoms with Crippen LogP contribution in [-0.2, 0) is 13.0 Å². The topological polar surface area (TPSA) is 17.8 Å². The number of aromatic nitrogens is 2. The van der Waals surface area contributed by atoms with Gasteiger partial charge in [-0.05, 0) is 43.4 Å². The van der Waals surface area contributed by atoms with Crippen LogP contribution in [0, 0.1) is 19.8 Å². The van der Waals surface area contributed by atoms with E-state index in [1.807, 2.05) is 0 Å². The monoisotopic (exact) mass is 244 g/mol. The summed E-state index contributed by atoms with van der Waals surface area (Å²) in [6.45, 7) is 12.2. The van der Waals surface area contributed by atoms with Gasteiger partial charge in [-0.1, -0.05) is 26.8 Å². The minimum atomic E-state index is 0.734. The first kappa shape index (κ1) is 13.1. The summed E-state index contributed by atoms with van der Waals surface area (Å²) in [6.07, 6.45) is 2.22. The van der Waals surface area contributed by atoms with Crippen LogP contribution < -0.4 is 0 Å². The minimum absolute atomic E-state index is 0.734. The Bertz CT molecular complexity index is 550. The molecule has 0 N–H and O–H groups in total. The molecule has 0 radical (unpaired) electrons. The molecule has 1 heterocycles. The Morgan fingerprint density at radius 1 is 1.22 bits per heavy atom. The van der Waals surface area contributed by atoms with E-state index in [9.17, 15) is 0 Å². The number of rotatable bonds is 4. The van der Waals surface area contributed by atoms with Crippen LogP contribution in [0.2, 0.25) is 0 Å². The molecule has 1 aromatic heterocycles. The summed E-state index contributed by atoms with van der Waals surface area (Å²) in [5.74, 6) is 1.96. The summed E-state index contributed by atoms with van der Waals surface area (Å²) in [5.41, 5.74) is 5.11. The van der Waals surface area contributed by atoms with Gasteiger partial charge in [0.1, 0.15) is 5.82 Å². The summed E-state index contributed by atoms with van der Waals surface area (Å²) in [6, 6.07) is 4.50. The third-order valence-corrected chi connectivity index (χ3v) is 3.51. The predicted molar refractivity (Wildman–Crippen MR) is 78.0 cm³/mol. The molecular weight excluding hydrogens is 220 g/mol. The zero-order valence-corrected chi connectivity index (χ0v) is 12.2. The van der Waals surface area contributed by atoms with Crippen LogP contribution in [0.15, 0.2) is 12.1 Å². The molecule has 0 saturated carbocycles. The van der Waals surface area contributed by atoms with Crippen LogP contribution in [-0.4, -0.2) is 9.55 Å². The lowest BCUT2D eigenvalue weighted by atomic mass is 10.1. The molecule has 0 saturated heterocycles. The summed E-state index contributed by atoms with van der Waals surface area (Å²) < 4.78 is 2.41. The van der Waals surface area contributed by atoms with E-state index in [-0.39, 0.29) is 0 Å². The Labute approximate surface area is 110 Å². The molecule has 18 heavy (non-hydrogen) atoms. The second-order valence-electron chi connectivity index (χ2n) is 5.67. The first-order chi connectivity index (χ1) is 8.52. The highest BCUT2D eigenvalue weighted by atomic mass is 15.1. The number of aryl methyl sites for hydroxylation is 4. The van der Waals surface area contributed by atoms with Crippen LogP contribution in [0.1, 0.15) is 44.1 Å². The molecular formula is C16H24N2. The van der Waals surface area contributed by atoms with Crippen LogP contribution in [0.5, 0.6) is 0 Å². The third kappa shape index (κ3) is 2.43. The van der Waals surface area contributed by atoms with Gasteiger partial charge in [-0.2, -0.15) is 0 Å². The molecule has 0 aliphatic carbocycles. The SMILES string of the molecule is CCc1nc2c(C)cc(C)cc2n1CCC(C)C. The van der Waals surface area contributed by atoms with Crippen molar-refractivity contribution >= 4 is 11.0 Å². The fraction of sp³-hybridized carbons (Fsp3) is 0.562. The maximum atomic E-state index is 4.81. The van der Waals surface area contributed by atoms with Gasteiger partial charge >= 0.3 is 0 Å². The normalized spacial score (nSPS) is 11.7. The molecule has 2 nitrogen and oxygen atoms in total. The highest BCUT2D eigenvalue weighted by molar-refractivity contribution is 5.80. The smallest absolute Gasteiger partial charge is 0.109 e. The van der Waals surface area contributed by atoms with E-state index in [1.54, 1.807) is 0 Å². The van der Waals surface area contributed by atoms with E-state index in [1.165, 1.54) is 34.4 Å². The zero-order valence-electron chi connectivity index (χ0n) is 12.2. The van der Waals surface area contributed by atoms with Crippen molar-refractivity contribution in [1.82, 2.24) is 9.55 Å². The van der Waals surface area contributed by atoms with Gasteiger partial charge in [0.15, 0.2) is 0 Å². The number of nitrogens with zero attached hydrogens (tertiary/aromatic N) is 2. The van der Waals surface area contributed by atoms with Crippen LogP contribution in [0.25, 0.3) is 11.0 Å². The van der Waals surface area contributed by atoms with Gasteiger partial charge < -0.3 is 4.57 Å². The van der Waals surface area contributed by atoms with Crippen molar-refractivity contribution in [3.8, 4) is 0 Å². The van der Waals surface area contributed by atoms with Crippen molar-refractivity contribution in [2.24, 2.45) is 5.92 Å². The molecule has 0 aliphatic rings. The average Bonchev–Trinajstić information content (AvgIpc) is 2.64. The van der Waals surface area contributed by atoms with Gasteiger partial charge in [-0.15, -0.1) is 0 Å². The largest absolute Gasteiger partial charge is 0.328 e. The van der Waals surface area contributed by atoms with Crippen LogP contribution in [0.3, 0.4) is 0 Å². The van der Waals surface area contributed by atoms with Crippen molar-refractivity contribution in [2.75, 3.05) is 0 Å². The third-order valence-electron chi connectivity index (χ3n) is 3.51. The minimum Gasteiger partial charge on any atom is -0.328 e. The Morgan fingerprint density at radius 3 is 2.56 bits per heavy atom. The maximum absolute atomic E-state index is 4.81. The quantitative estimate of drug-likeness (QED) is 0.785. The standard InChI is InChI=1S/C16H24N2/c1-6-15-17-16-13(5)9-12(4)10-14(16)18(15)8-7-11(2)3/h9-11H,6-8H2,1-5H3. The fourth-order valence-electron chi connectivity index (χ4n) is 2.52. The first-order valence-electron chi connectivity index (χ1n) is 6.99. The average molecular weight is 244 g/mol. The molecule has 0 atom stereocenters. The van der Waals surface area contributed by atoms with Gasteiger partial charge in [0.2, 0.25) is 0 Å². The highest BCUT2D eigenvalue weighted by Crippen LogP contribution is 2.23. The zero-order chi connectivity index (χ0) is 13.3. The Kier molecular flexibility index (Phi) is 3.74. The molecule has 98 valence electrons. The Hall–Kier alpha value is -1.31. The van der Waals surface area contributed by atoms with Gasteiger partial charge in [0, 0.05) is 13.0 Å². The van der Waals surface area contributed by atoms with Gasteiger partial charge in [-0.3, -0.25) is 0 Å². The van der Waals surface area contributed by atoms with Crippen molar-refractivity contribution in [3.63, 3.8) is 0 Å². The number of benzene rings is 1. The molecule has 2 heteroatoms. The molecule has 2 aromatic rings. The molecule has 0 amide bonds. The molecule has 0 aliphatic heterocycles. The van der Waals surface area contributed by atoms with E-state index < -0.39 is 0 Å². The highest BCUT2D eigenvalue weighted by Gasteiger charge is 2.11. The van der Waals surface area contributed by atoms with Crippen molar-refractivity contribution < 1.29 is 0 Å². The summed E-state index contributed by atoms with van der Waals surface area (Å²) in [5, 5.41) is 0. The van der Waals surface area contributed by atoms with Crippen molar-refractivity contribution in [3.05, 3.63) is 29.1 Å². The summed E-state index contributed by atoms with van der Waals surface area (Å²) >= 11 is 0. The van der Waals surface area contributed by atoms with E-state index >= 15 is 0 Å². The molecule has 0 fully saturated rings. The molecule has 0 unspecified atom stereocenters. The van der Waals surface area contributed by atoms with Crippen molar-refractivity contribution in [1.29, 1.82) is 0 Å². The lowest BCUT2D eigenvalue weighted by molar-refractivity contribution is 0.513. The lowest BCUT2D eigenvalue weighted by Crippen LogP contribution is -2.05. The van der Waals surface area contributed by atoms with Gasteiger partial charge in [0.25, 0.3) is 0 Å². The predicted octanol–water partition coefficient (Wildman–Crippen LogP) is 4.26. The van der Waals surface area contributed by atoms with Crippen LogP contribution >= 0.6 is 0 Å². The second kappa shape index (κ2) is 5.13. The molecule has 1 aromatic carbocycles. The molecule has 0 spiro atoms. The number of imidazole rings is 1. The number of hydrogen-bond donors (Lipinski definition) is 0. The van der Waals surface area contributed by atoms with E-state index in [0.717, 1.165) is 18.9 Å². The van der Waals surface area contributed by atoms with Gasteiger partial charge in [0.05, 0.1) is 11.0 Å². The van der Waals surface area contributed by atoms with Gasteiger partial charge in [-0.25, -0.2) is 4.98 Å². The second-order valence-corrected chi connectivity index (χ2v) is 5.67. The van der Waals surface area contributed by atoms with E-state index in [0.29, 0.717) is 0 Å². The molecule has 0 bridgehead atoms. The van der Waals surface area contributed by atoms with Crippen molar-refractivity contribution in [2.45, 2.75) is 54.0 Å². The first-order valence-corrected chi connectivity index (χ1v) is 6.99. The summed E-state index contributed by atoms with van der Waals surface area (Å²) in [4.78, 5) is 4.81. The van der Waals surface area contributed by atoms with Crippen LogP contribution in [0.4, 0.5) is 0 Å². The van der Waals surface area contributed by atoms with E-state index in [4.69, 9.17) is 4.98 Å². The molecule has 2 rings (SSSR count). The Balaban J connectivity index is 2.54. The lowest BCUT2D eigenvalue weighted by Gasteiger charge is -2.10. The maximum Gasteiger partial charge on any atom is 0.109 e. The summed E-state index contributed by atoms with van der Waals surface area (Å²) in [7, 11) is 0. The number of hydrogen-bond acceptors (Lipinski definition) is 1.